The van der Waals surface area contributed by atoms with E-state index in [4.69, 9.17) is 0 Å². The minimum Gasteiger partial charge on any atom is -0.344 e. The summed E-state index contributed by atoms with van der Waals surface area (Å²) in [7, 11) is 0. The zero-order valence-corrected chi connectivity index (χ0v) is 18.7. The number of aromatic nitrogens is 3. The lowest BCUT2D eigenvalue weighted by Crippen LogP contribution is -2.16. The Hall–Kier alpha value is -4.08. The summed E-state index contributed by atoms with van der Waals surface area (Å²) in [5, 5.41) is 3.19. The van der Waals surface area contributed by atoms with Crippen molar-refractivity contribution >= 4 is 28.4 Å². The number of ketones is 1. The summed E-state index contributed by atoms with van der Waals surface area (Å²) >= 11 is 0. The lowest BCUT2D eigenvalue weighted by molar-refractivity contribution is -0.140. The van der Waals surface area contributed by atoms with Crippen LogP contribution in [0, 0.1) is 5.82 Å². The molecular weight excluding hydrogens is 464 g/mol. The standard InChI is InChI=1S/C25H20F4N4O2/c1-14(2)33-13-18(17-12-30-7-6-21(17)33)24(35)16-5-8-31-22(11-16)32-23(34)10-15-3-4-19(20(26)9-15)25(27,28)29/h3-9,11-14H,10H2,1-2H3,(H,31,32,34). The van der Waals surface area contributed by atoms with Crippen molar-refractivity contribution in [1.29, 1.82) is 0 Å². The van der Waals surface area contributed by atoms with Crippen molar-refractivity contribution in [3.63, 3.8) is 0 Å². The van der Waals surface area contributed by atoms with Crippen LogP contribution in [0.15, 0.2) is 61.2 Å². The monoisotopic (exact) mass is 484 g/mol. The number of fused-ring (bicyclic) bond motifs is 1. The van der Waals surface area contributed by atoms with E-state index >= 15 is 0 Å². The number of anilines is 1. The van der Waals surface area contributed by atoms with Crippen molar-refractivity contribution < 1.29 is 27.2 Å². The quantitative estimate of drug-likeness (QED) is 0.286. The fraction of sp³-hybridized carbons (Fsp3) is 0.200. The first-order valence-corrected chi connectivity index (χ1v) is 10.7. The first-order valence-electron chi connectivity index (χ1n) is 10.7. The summed E-state index contributed by atoms with van der Waals surface area (Å²) in [5.74, 6) is -2.28. The molecule has 0 unspecified atom stereocenters. The van der Waals surface area contributed by atoms with Crippen molar-refractivity contribution in [3.8, 4) is 0 Å². The average Bonchev–Trinajstić information content (AvgIpc) is 3.18. The van der Waals surface area contributed by atoms with Crippen LogP contribution in [0.25, 0.3) is 10.9 Å². The number of halogens is 4. The molecule has 10 heteroatoms. The third-order valence-electron chi connectivity index (χ3n) is 5.43. The number of hydrogen-bond acceptors (Lipinski definition) is 4. The summed E-state index contributed by atoms with van der Waals surface area (Å²) in [6.45, 7) is 3.99. The molecule has 0 aliphatic carbocycles. The molecular formula is C25H20F4N4O2. The number of nitrogens with one attached hydrogen (secondary N) is 1. The number of carbonyl (C=O) groups is 2. The van der Waals surface area contributed by atoms with Crippen LogP contribution in [0.2, 0.25) is 0 Å². The highest BCUT2D eigenvalue weighted by Crippen LogP contribution is 2.31. The third kappa shape index (κ3) is 5.06. The summed E-state index contributed by atoms with van der Waals surface area (Å²) in [5.41, 5.74) is 0.260. The van der Waals surface area contributed by atoms with Crippen molar-refractivity contribution in [2.24, 2.45) is 0 Å². The molecule has 0 saturated carbocycles. The van der Waals surface area contributed by atoms with Crippen molar-refractivity contribution in [2.75, 3.05) is 5.32 Å². The number of amides is 1. The van der Waals surface area contributed by atoms with Gasteiger partial charge in [-0.05, 0) is 49.7 Å². The second kappa shape index (κ2) is 9.28. The highest BCUT2D eigenvalue weighted by Gasteiger charge is 2.34. The molecule has 0 fully saturated rings. The molecule has 0 aliphatic rings. The molecule has 0 spiro atoms. The first kappa shape index (κ1) is 24.1. The van der Waals surface area contributed by atoms with Gasteiger partial charge < -0.3 is 9.88 Å². The number of hydrogen-bond donors (Lipinski definition) is 1. The minimum atomic E-state index is -4.82. The van der Waals surface area contributed by atoms with Crippen LogP contribution in [-0.4, -0.2) is 26.2 Å². The highest BCUT2D eigenvalue weighted by molar-refractivity contribution is 6.16. The first-order chi connectivity index (χ1) is 16.5. The van der Waals surface area contributed by atoms with Crippen LogP contribution >= 0.6 is 0 Å². The molecule has 0 atom stereocenters. The Morgan fingerprint density at radius 2 is 1.86 bits per heavy atom. The van der Waals surface area contributed by atoms with Crippen LogP contribution in [0.3, 0.4) is 0 Å². The molecule has 3 aromatic heterocycles. The van der Waals surface area contributed by atoms with Crippen molar-refractivity contribution in [3.05, 3.63) is 89.3 Å². The fourth-order valence-electron chi connectivity index (χ4n) is 3.77. The van der Waals surface area contributed by atoms with Gasteiger partial charge in [-0.3, -0.25) is 14.6 Å². The van der Waals surface area contributed by atoms with E-state index < -0.39 is 23.5 Å². The number of nitrogens with zero attached hydrogens (tertiary/aromatic N) is 3. The van der Waals surface area contributed by atoms with E-state index in [9.17, 15) is 27.2 Å². The number of benzene rings is 1. The Morgan fingerprint density at radius 3 is 2.54 bits per heavy atom. The van der Waals surface area contributed by atoms with E-state index in [2.05, 4.69) is 15.3 Å². The normalized spacial score (nSPS) is 11.7. The van der Waals surface area contributed by atoms with Gasteiger partial charge in [0.15, 0.2) is 5.78 Å². The molecule has 0 aliphatic heterocycles. The summed E-state index contributed by atoms with van der Waals surface area (Å²) in [4.78, 5) is 33.8. The Morgan fingerprint density at radius 1 is 1.09 bits per heavy atom. The van der Waals surface area contributed by atoms with Gasteiger partial charge in [-0.25, -0.2) is 9.37 Å². The number of carbonyl (C=O) groups excluding carboxylic acids is 2. The Kier molecular flexibility index (Phi) is 6.38. The lowest BCUT2D eigenvalue weighted by atomic mass is 10.0. The van der Waals surface area contributed by atoms with Crippen molar-refractivity contribution in [2.45, 2.75) is 32.5 Å². The molecule has 4 rings (SSSR count). The zero-order valence-electron chi connectivity index (χ0n) is 18.7. The van der Waals surface area contributed by atoms with Crippen LogP contribution in [-0.2, 0) is 17.4 Å². The van der Waals surface area contributed by atoms with E-state index in [0.717, 1.165) is 11.6 Å². The maximum absolute atomic E-state index is 13.8. The smallest absolute Gasteiger partial charge is 0.344 e. The number of alkyl halides is 3. The van der Waals surface area contributed by atoms with Gasteiger partial charge in [0, 0.05) is 47.3 Å². The molecule has 1 amide bonds. The lowest BCUT2D eigenvalue weighted by Gasteiger charge is -2.10. The van der Waals surface area contributed by atoms with E-state index in [1.54, 1.807) is 18.6 Å². The van der Waals surface area contributed by atoms with Gasteiger partial charge in [0.05, 0.1) is 17.5 Å². The molecule has 1 N–H and O–H groups in total. The Balaban J connectivity index is 1.53. The number of rotatable bonds is 6. The third-order valence-corrected chi connectivity index (χ3v) is 5.43. The average molecular weight is 484 g/mol. The van der Waals surface area contributed by atoms with Gasteiger partial charge in [0.2, 0.25) is 5.91 Å². The van der Waals surface area contributed by atoms with Crippen LogP contribution < -0.4 is 5.32 Å². The molecule has 1 aromatic carbocycles. The van der Waals surface area contributed by atoms with Gasteiger partial charge in [0.1, 0.15) is 11.6 Å². The molecule has 180 valence electrons. The summed E-state index contributed by atoms with van der Waals surface area (Å²) < 4.78 is 53.9. The van der Waals surface area contributed by atoms with Gasteiger partial charge in [-0.1, -0.05) is 6.07 Å². The van der Waals surface area contributed by atoms with Gasteiger partial charge in [-0.2, -0.15) is 13.2 Å². The van der Waals surface area contributed by atoms with E-state index in [-0.39, 0.29) is 35.2 Å². The maximum Gasteiger partial charge on any atom is 0.419 e. The summed E-state index contributed by atoms with van der Waals surface area (Å²) in [6.07, 6.45) is 1.20. The van der Waals surface area contributed by atoms with Gasteiger partial charge in [0.25, 0.3) is 0 Å². The number of pyridine rings is 2. The molecule has 3 heterocycles. The molecule has 35 heavy (non-hydrogen) atoms. The maximum atomic E-state index is 13.8. The summed E-state index contributed by atoms with van der Waals surface area (Å²) in [6, 6.07) is 7.17. The molecule has 4 aromatic rings. The van der Waals surface area contributed by atoms with Crippen LogP contribution in [0.1, 0.15) is 46.9 Å². The second-order valence-electron chi connectivity index (χ2n) is 8.23. The van der Waals surface area contributed by atoms with Crippen molar-refractivity contribution in [1.82, 2.24) is 14.5 Å². The van der Waals surface area contributed by atoms with E-state index in [1.807, 2.05) is 24.5 Å². The molecule has 0 radical (unpaired) electrons. The molecule has 6 nitrogen and oxygen atoms in total. The zero-order chi connectivity index (χ0) is 25.3. The predicted octanol–water partition coefficient (Wildman–Crippen LogP) is 5.58. The molecule has 0 bridgehead atoms. The second-order valence-corrected chi connectivity index (χ2v) is 8.23. The van der Waals surface area contributed by atoms with Gasteiger partial charge >= 0.3 is 6.18 Å². The van der Waals surface area contributed by atoms with E-state index in [1.165, 1.54) is 18.3 Å². The SMILES string of the molecule is CC(C)n1cc(C(=O)c2ccnc(NC(=O)Cc3ccc(C(F)(F)F)c(F)c3)c2)c2cnccc21. The Bertz CT molecular complexity index is 1430. The van der Waals surface area contributed by atoms with Gasteiger partial charge in [-0.15, -0.1) is 0 Å². The van der Waals surface area contributed by atoms with Crippen LogP contribution in [0.4, 0.5) is 23.4 Å². The topological polar surface area (TPSA) is 76.9 Å². The van der Waals surface area contributed by atoms with Crippen LogP contribution in [0.5, 0.6) is 0 Å². The van der Waals surface area contributed by atoms with E-state index in [0.29, 0.717) is 23.1 Å². The highest BCUT2D eigenvalue weighted by atomic mass is 19.4. The minimum absolute atomic E-state index is 0.0641. The predicted molar refractivity (Wildman–Crippen MR) is 122 cm³/mol. The fourth-order valence-corrected chi connectivity index (χ4v) is 3.77. The molecule has 0 saturated heterocycles. The Labute approximate surface area is 197 Å². The largest absolute Gasteiger partial charge is 0.419 e.